The molecule has 3 heteroatoms. The molecule has 0 radical (unpaired) electrons. The average Bonchev–Trinajstić information content (AvgIpc) is 2.30. The third-order valence-corrected chi connectivity index (χ3v) is 1.43. The van der Waals surface area contributed by atoms with Gasteiger partial charge in [0.05, 0.1) is 0 Å². The molecule has 1 aromatic rings. The molecule has 0 spiro atoms. The first-order chi connectivity index (χ1) is 7.20. The zero-order valence-corrected chi connectivity index (χ0v) is 9.50. The Labute approximate surface area is 91.2 Å². The molecule has 0 aliphatic heterocycles. The topological polar surface area (TPSA) is 41.1 Å². The molecule has 1 amide bonds. The highest BCUT2D eigenvalue weighted by Gasteiger charge is 2.01. The van der Waals surface area contributed by atoms with E-state index in [4.69, 9.17) is 0 Å². The van der Waals surface area contributed by atoms with E-state index in [1.807, 2.05) is 32.0 Å². The molecule has 0 fully saturated rings. The molecule has 82 valence electrons. The highest BCUT2D eigenvalue weighted by Crippen LogP contribution is 1.96. The van der Waals surface area contributed by atoms with Gasteiger partial charge in [-0.3, -0.25) is 10.2 Å². The van der Waals surface area contributed by atoms with Gasteiger partial charge in [-0.2, -0.15) is 0 Å². The van der Waals surface area contributed by atoms with Crippen LogP contribution in [0.25, 0.3) is 0 Å². The molecule has 3 nitrogen and oxygen atoms in total. The molecule has 0 heterocycles. The normalized spacial score (nSPS) is 8.20. The number of hydrogen-bond acceptors (Lipinski definition) is 2. The van der Waals surface area contributed by atoms with Crippen molar-refractivity contribution in [1.29, 1.82) is 0 Å². The Balaban J connectivity index is 0.000000921. The summed E-state index contributed by atoms with van der Waals surface area (Å²) in [6.45, 7) is 9.36. The van der Waals surface area contributed by atoms with Crippen LogP contribution in [0.15, 0.2) is 42.6 Å². The zero-order chi connectivity index (χ0) is 11.7. The van der Waals surface area contributed by atoms with Crippen LogP contribution in [0.5, 0.6) is 0 Å². The van der Waals surface area contributed by atoms with Crippen LogP contribution in [-0.4, -0.2) is 5.91 Å². The number of hydrogen-bond donors (Lipinski definition) is 2. The summed E-state index contributed by atoms with van der Waals surface area (Å²) >= 11 is 0. The summed E-state index contributed by atoms with van der Waals surface area (Å²) in [5.74, 6) is -0.163. The van der Waals surface area contributed by atoms with E-state index in [1.165, 1.54) is 0 Å². The van der Waals surface area contributed by atoms with Gasteiger partial charge in [-0.25, -0.2) is 0 Å². The second kappa shape index (κ2) is 7.62. The molecule has 2 N–H and O–H groups in total. The summed E-state index contributed by atoms with van der Waals surface area (Å²) in [4.78, 5) is 11.3. The van der Waals surface area contributed by atoms with Crippen molar-refractivity contribution in [2.24, 2.45) is 0 Å². The fourth-order valence-corrected chi connectivity index (χ4v) is 0.825. The lowest BCUT2D eigenvalue weighted by Crippen LogP contribution is -2.35. The predicted molar refractivity (Wildman–Crippen MR) is 63.2 cm³/mol. The molecule has 0 unspecified atom stereocenters. The van der Waals surface area contributed by atoms with Crippen molar-refractivity contribution in [1.82, 2.24) is 10.9 Å². The Morgan fingerprint density at radius 1 is 1.13 bits per heavy atom. The number of hydrazine groups is 1. The lowest BCUT2D eigenvalue weighted by atomic mass is 10.2. The van der Waals surface area contributed by atoms with E-state index in [0.29, 0.717) is 11.3 Å². The Kier molecular flexibility index (Phi) is 6.72. The third kappa shape index (κ3) is 5.52. The van der Waals surface area contributed by atoms with Crippen LogP contribution in [0.3, 0.4) is 0 Å². The Hall–Kier alpha value is -1.77. The first-order valence-corrected chi connectivity index (χ1v) is 4.97. The van der Waals surface area contributed by atoms with Gasteiger partial charge in [0.2, 0.25) is 0 Å². The van der Waals surface area contributed by atoms with E-state index in [2.05, 4.69) is 17.4 Å². The van der Waals surface area contributed by atoms with Crippen LogP contribution in [0.1, 0.15) is 31.1 Å². The molecule has 0 aliphatic rings. The summed E-state index contributed by atoms with van der Waals surface area (Å²) in [7, 11) is 0. The van der Waals surface area contributed by atoms with Crippen molar-refractivity contribution in [3.05, 3.63) is 48.2 Å². The summed E-state index contributed by atoms with van der Waals surface area (Å²) in [5, 5.41) is 0. The molecule has 15 heavy (non-hydrogen) atoms. The largest absolute Gasteiger partial charge is 0.303 e. The number of amides is 1. The van der Waals surface area contributed by atoms with Crippen LogP contribution in [0, 0.1) is 0 Å². The molecule has 1 aromatic carbocycles. The van der Waals surface area contributed by atoms with Crippen LogP contribution >= 0.6 is 0 Å². The number of benzene rings is 1. The maximum Gasteiger partial charge on any atom is 0.269 e. The lowest BCUT2D eigenvalue weighted by Gasteiger charge is -2.06. The van der Waals surface area contributed by atoms with Crippen LogP contribution in [0.4, 0.5) is 0 Å². The van der Waals surface area contributed by atoms with E-state index in [1.54, 1.807) is 19.1 Å². The highest BCUT2D eigenvalue weighted by molar-refractivity contribution is 5.93. The fraction of sp³-hybridized carbons (Fsp3) is 0.250. The van der Waals surface area contributed by atoms with Gasteiger partial charge in [0.25, 0.3) is 5.91 Å². The second-order valence-corrected chi connectivity index (χ2v) is 2.73. The molecule has 0 aliphatic carbocycles. The standard InChI is InChI=1S/C10H12N2O.C2H6/c1-8(2)11-12-10(13)9-6-4-3-5-7-9;1-2/h3-7,11H,1H2,2H3,(H,12,13);1-2H3. The van der Waals surface area contributed by atoms with Gasteiger partial charge in [0.1, 0.15) is 0 Å². The van der Waals surface area contributed by atoms with Crippen molar-refractivity contribution in [2.45, 2.75) is 20.8 Å². The smallest absolute Gasteiger partial charge is 0.269 e. The van der Waals surface area contributed by atoms with E-state index >= 15 is 0 Å². The Bertz CT molecular complexity index is 307. The number of rotatable bonds is 3. The number of carbonyl (C=O) groups excluding carboxylic acids is 1. The number of allylic oxidation sites excluding steroid dienone is 1. The minimum absolute atomic E-state index is 0.163. The maximum atomic E-state index is 11.3. The molecule has 0 atom stereocenters. The molecule has 0 bridgehead atoms. The molecular formula is C12H18N2O. The third-order valence-electron chi connectivity index (χ3n) is 1.43. The first-order valence-electron chi connectivity index (χ1n) is 4.97. The predicted octanol–water partition coefficient (Wildman–Crippen LogP) is 2.48. The summed E-state index contributed by atoms with van der Waals surface area (Å²) in [5.41, 5.74) is 6.48. The van der Waals surface area contributed by atoms with Gasteiger partial charge < -0.3 is 5.43 Å². The summed E-state index contributed by atoms with van der Waals surface area (Å²) in [6, 6.07) is 8.99. The quantitative estimate of drug-likeness (QED) is 0.746. The van der Waals surface area contributed by atoms with Gasteiger partial charge >= 0.3 is 0 Å². The maximum absolute atomic E-state index is 11.3. The van der Waals surface area contributed by atoms with E-state index in [-0.39, 0.29) is 5.91 Å². The van der Waals surface area contributed by atoms with E-state index in [9.17, 15) is 4.79 Å². The summed E-state index contributed by atoms with van der Waals surface area (Å²) < 4.78 is 0. The van der Waals surface area contributed by atoms with E-state index < -0.39 is 0 Å². The molecule has 0 saturated heterocycles. The second-order valence-electron chi connectivity index (χ2n) is 2.73. The lowest BCUT2D eigenvalue weighted by molar-refractivity contribution is 0.0939. The molecule has 0 aromatic heterocycles. The minimum atomic E-state index is -0.163. The highest BCUT2D eigenvalue weighted by atomic mass is 16.2. The van der Waals surface area contributed by atoms with Gasteiger partial charge in [-0.05, 0) is 19.1 Å². The van der Waals surface area contributed by atoms with Crippen LogP contribution < -0.4 is 10.9 Å². The summed E-state index contributed by atoms with van der Waals surface area (Å²) in [6.07, 6.45) is 0. The van der Waals surface area contributed by atoms with Crippen molar-refractivity contribution >= 4 is 5.91 Å². The van der Waals surface area contributed by atoms with E-state index in [0.717, 1.165) is 0 Å². The molecule has 1 rings (SSSR count). The van der Waals surface area contributed by atoms with Crippen molar-refractivity contribution in [2.75, 3.05) is 0 Å². The van der Waals surface area contributed by atoms with Crippen LogP contribution in [0.2, 0.25) is 0 Å². The van der Waals surface area contributed by atoms with Crippen LogP contribution in [-0.2, 0) is 0 Å². The van der Waals surface area contributed by atoms with Crippen molar-refractivity contribution in [3.8, 4) is 0 Å². The minimum Gasteiger partial charge on any atom is -0.303 e. The fourth-order valence-electron chi connectivity index (χ4n) is 0.825. The Morgan fingerprint density at radius 2 is 1.67 bits per heavy atom. The molecular weight excluding hydrogens is 188 g/mol. The number of nitrogens with one attached hydrogen (secondary N) is 2. The van der Waals surface area contributed by atoms with Gasteiger partial charge in [-0.1, -0.05) is 38.6 Å². The van der Waals surface area contributed by atoms with Gasteiger partial charge in [0.15, 0.2) is 0 Å². The molecule has 0 saturated carbocycles. The van der Waals surface area contributed by atoms with Gasteiger partial charge in [-0.15, -0.1) is 0 Å². The SMILES string of the molecule is C=C(C)NNC(=O)c1ccccc1.CC. The Morgan fingerprint density at radius 3 is 2.13 bits per heavy atom. The monoisotopic (exact) mass is 206 g/mol. The first kappa shape index (κ1) is 13.2. The van der Waals surface area contributed by atoms with Gasteiger partial charge in [0, 0.05) is 11.3 Å². The zero-order valence-electron chi connectivity index (χ0n) is 9.50. The van der Waals surface area contributed by atoms with Crippen molar-refractivity contribution < 1.29 is 4.79 Å². The average molecular weight is 206 g/mol. The van der Waals surface area contributed by atoms with Crippen molar-refractivity contribution in [3.63, 3.8) is 0 Å². The number of carbonyl (C=O) groups is 1.